The minimum atomic E-state index is -4.64. The van der Waals surface area contributed by atoms with Gasteiger partial charge in [-0.2, -0.15) is 18.3 Å². The van der Waals surface area contributed by atoms with Crippen molar-refractivity contribution in [2.75, 3.05) is 31.4 Å². The number of methoxy groups -OCH3 is 1. The van der Waals surface area contributed by atoms with Crippen LogP contribution in [0.4, 0.5) is 33.9 Å². The van der Waals surface area contributed by atoms with E-state index in [-0.39, 0.29) is 51.8 Å². The van der Waals surface area contributed by atoms with Gasteiger partial charge >= 0.3 is 12.3 Å². The van der Waals surface area contributed by atoms with E-state index in [1.54, 1.807) is 24.3 Å². The first-order valence-corrected chi connectivity index (χ1v) is 11.6. The second-order valence-electron chi connectivity index (χ2n) is 8.53. The Kier molecular flexibility index (Phi) is 7.74. The van der Waals surface area contributed by atoms with E-state index in [0.29, 0.717) is 11.3 Å². The van der Waals surface area contributed by atoms with Crippen LogP contribution in [0.5, 0.6) is 5.75 Å². The first kappa shape index (κ1) is 28.1. The minimum absolute atomic E-state index is 0.00350. The molecule has 4 N–H and O–H groups in total. The van der Waals surface area contributed by atoms with Gasteiger partial charge in [0, 0.05) is 26.2 Å². The summed E-state index contributed by atoms with van der Waals surface area (Å²) in [4.78, 5) is 33.6. The number of carboxylic acid groups (broad SMARTS) is 1. The van der Waals surface area contributed by atoms with Gasteiger partial charge in [0.05, 0.1) is 24.6 Å². The number of nitrogens with one attached hydrogen (secondary N) is 3. The van der Waals surface area contributed by atoms with Crippen LogP contribution in [0.25, 0.3) is 22.4 Å². The lowest BCUT2D eigenvalue weighted by Crippen LogP contribution is -2.25. The standard InChI is InChI=1S/C25H23F4N7O4/c1-30-23(37)19-18-21(31-11-12-6-4-5-7-16(12)36(2)24(38)39)32-20(33-22(18)35-34-19)14-9-15(26)17(40-3)8-13(14)10-25(27,28)29/h4-9H,10-11H2,1-3H3,(H,30,37)(H,38,39)(H2,31,32,33,34,35). The van der Waals surface area contributed by atoms with Crippen molar-refractivity contribution in [3.8, 4) is 17.1 Å². The fourth-order valence-electron chi connectivity index (χ4n) is 4.05. The van der Waals surface area contributed by atoms with Crippen LogP contribution in [0.1, 0.15) is 21.6 Å². The molecule has 2 aromatic carbocycles. The van der Waals surface area contributed by atoms with E-state index in [0.717, 1.165) is 24.1 Å². The van der Waals surface area contributed by atoms with Gasteiger partial charge in [-0.3, -0.25) is 14.8 Å². The first-order chi connectivity index (χ1) is 18.9. The van der Waals surface area contributed by atoms with Gasteiger partial charge in [-0.15, -0.1) is 0 Å². The summed E-state index contributed by atoms with van der Waals surface area (Å²) in [6.45, 7) is -0.00983. The third-order valence-corrected chi connectivity index (χ3v) is 5.96. The maximum Gasteiger partial charge on any atom is 0.411 e. The molecule has 0 aliphatic heterocycles. The molecule has 0 aliphatic carbocycles. The van der Waals surface area contributed by atoms with Gasteiger partial charge in [-0.05, 0) is 29.3 Å². The molecule has 0 bridgehead atoms. The molecule has 0 aliphatic rings. The molecule has 2 amide bonds. The van der Waals surface area contributed by atoms with Crippen molar-refractivity contribution >= 4 is 34.5 Å². The van der Waals surface area contributed by atoms with Gasteiger partial charge < -0.3 is 20.5 Å². The highest BCUT2D eigenvalue weighted by atomic mass is 19.4. The molecule has 2 aromatic heterocycles. The van der Waals surface area contributed by atoms with Crippen molar-refractivity contribution in [1.82, 2.24) is 25.5 Å². The Hall–Kier alpha value is -4.95. The highest BCUT2D eigenvalue weighted by Gasteiger charge is 2.31. The summed E-state index contributed by atoms with van der Waals surface area (Å²) in [6, 6.07) is 8.37. The lowest BCUT2D eigenvalue weighted by Gasteiger charge is -2.18. The van der Waals surface area contributed by atoms with E-state index in [1.165, 1.54) is 14.1 Å². The van der Waals surface area contributed by atoms with Crippen molar-refractivity contribution < 1.29 is 37.0 Å². The summed E-state index contributed by atoms with van der Waals surface area (Å²) in [5, 5.41) is 21.5. The summed E-state index contributed by atoms with van der Waals surface area (Å²) in [7, 11) is 3.87. The number of ether oxygens (including phenoxy) is 1. The highest BCUT2D eigenvalue weighted by Crippen LogP contribution is 2.35. The Labute approximate surface area is 224 Å². The second kappa shape index (κ2) is 11.0. The topological polar surface area (TPSA) is 145 Å². The van der Waals surface area contributed by atoms with Gasteiger partial charge in [-0.25, -0.2) is 19.2 Å². The smallest absolute Gasteiger partial charge is 0.411 e. The number of aromatic nitrogens is 4. The number of H-pyrrole nitrogens is 1. The van der Waals surface area contributed by atoms with E-state index in [2.05, 4.69) is 30.8 Å². The third-order valence-electron chi connectivity index (χ3n) is 5.96. The average Bonchev–Trinajstić information content (AvgIpc) is 3.35. The van der Waals surface area contributed by atoms with Crippen molar-refractivity contribution in [1.29, 1.82) is 0 Å². The average molecular weight is 561 g/mol. The van der Waals surface area contributed by atoms with E-state index in [1.807, 2.05) is 0 Å². The number of nitrogens with zero attached hydrogens (tertiary/aromatic N) is 4. The Morgan fingerprint density at radius 3 is 2.52 bits per heavy atom. The summed E-state index contributed by atoms with van der Waals surface area (Å²) in [5.41, 5.74) is 0.198. The van der Waals surface area contributed by atoms with E-state index in [9.17, 15) is 32.3 Å². The van der Waals surface area contributed by atoms with Crippen molar-refractivity contribution in [2.45, 2.75) is 19.1 Å². The molecule has 4 rings (SSSR count). The summed E-state index contributed by atoms with van der Waals surface area (Å²) < 4.78 is 59.8. The normalized spacial score (nSPS) is 11.4. The van der Waals surface area contributed by atoms with Crippen LogP contribution in [0.2, 0.25) is 0 Å². The number of alkyl halides is 3. The van der Waals surface area contributed by atoms with Gasteiger partial charge in [0.1, 0.15) is 5.82 Å². The SMILES string of the molecule is CNC(=O)c1n[nH]c2nc(-c3cc(F)c(OC)cc3CC(F)(F)F)nc(NCc3ccccc3N(C)C(=O)O)c12. The van der Waals surface area contributed by atoms with Crippen LogP contribution in [-0.2, 0) is 13.0 Å². The maximum atomic E-state index is 14.7. The predicted octanol–water partition coefficient (Wildman–Crippen LogP) is 4.36. The lowest BCUT2D eigenvalue weighted by atomic mass is 10.0. The third kappa shape index (κ3) is 5.72. The molecule has 0 fully saturated rings. The zero-order valence-electron chi connectivity index (χ0n) is 21.4. The monoisotopic (exact) mass is 561 g/mol. The largest absolute Gasteiger partial charge is 0.494 e. The number of aromatic amines is 1. The van der Waals surface area contributed by atoms with Gasteiger partial charge in [0.2, 0.25) is 0 Å². The molecule has 210 valence electrons. The minimum Gasteiger partial charge on any atom is -0.494 e. The summed E-state index contributed by atoms with van der Waals surface area (Å²) in [5.74, 6) is -2.19. The molecule has 4 aromatic rings. The molecule has 0 saturated heterocycles. The molecule has 40 heavy (non-hydrogen) atoms. The molecule has 2 heterocycles. The maximum absolute atomic E-state index is 14.7. The van der Waals surface area contributed by atoms with Crippen molar-refractivity contribution in [3.05, 3.63) is 59.0 Å². The predicted molar refractivity (Wildman–Crippen MR) is 137 cm³/mol. The number of benzene rings is 2. The van der Waals surface area contributed by atoms with E-state index < -0.39 is 30.4 Å². The number of carbonyl (C=O) groups is 2. The molecule has 0 spiro atoms. The molecule has 0 radical (unpaired) electrons. The van der Waals surface area contributed by atoms with Crippen LogP contribution in [-0.4, -0.2) is 64.7 Å². The quantitative estimate of drug-likeness (QED) is 0.232. The van der Waals surface area contributed by atoms with Crippen molar-refractivity contribution in [3.63, 3.8) is 0 Å². The van der Waals surface area contributed by atoms with Gasteiger partial charge in [-0.1, -0.05) is 18.2 Å². The number of rotatable bonds is 8. The Bertz CT molecular complexity index is 1590. The van der Waals surface area contributed by atoms with Crippen LogP contribution in [0.15, 0.2) is 36.4 Å². The second-order valence-corrected chi connectivity index (χ2v) is 8.53. The molecule has 0 saturated carbocycles. The zero-order chi connectivity index (χ0) is 29.2. The summed E-state index contributed by atoms with van der Waals surface area (Å²) >= 11 is 0. The number of fused-ring (bicyclic) bond motifs is 1. The number of hydrogen-bond donors (Lipinski definition) is 4. The highest BCUT2D eigenvalue weighted by molar-refractivity contribution is 6.08. The number of amides is 2. The zero-order valence-corrected chi connectivity index (χ0v) is 21.4. The fraction of sp³-hybridized carbons (Fsp3) is 0.240. The number of anilines is 2. The Morgan fingerprint density at radius 2 is 1.88 bits per heavy atom. The fourth-order valence-corrected chi connectivity index (χ4v) is 4.05. The van der Waals surface area contributed by atoms with Crippen LogP contribution in [0, 0.1) is 5.82 Å². The number of hydrogen-bond acceptors (Lipinski definition) is 7. The molecular weight excluding hydrogens is 538 g/mol. The van der Waals surface area contributed by atoms with Crippen LogP contribution < -0.4 is 20.3 Å². The Morgan fingerprint density at radius 1 is 1.15 bits per heavy atom. The van der Waals surface area contributed by atoms with E-state index in [4.69, 9.17) is 4.74 Å². The van der Waals surface area contributed by atoms with Crippen LogP contribution in [0.3, 0.4) is 0 Å². The van der Waals surface area contributed by atoms with E-state index >= 15 is 0 Å². The lowest BCUT2D eigenvalue weighted by molar-refractivity contribution is -0.127. The van der Waals surface area contributed by atoms with Crippen molar-refractivity contribution in [2.24, 2.45) is 0 Å². The molecule has 0 atom stereocenters. The Balaban J connectivity index is 1.88. The van der Waals surface area contributed by atoms with Gasteiger partial charge in [0.25, 0.3) is 5.91 Å². The molecular formula is C25H23F4N7O4. The first-order valence-electron chi connectivity index (χ1n) is 11.6. The number of carbonyl (C=O) groups excluding carboxylic acids is 1. The number of para-hydroxylation sites is 1. The number of halogens is 4. The van der Waals surface area contributed by atoms with Crippen LogP contribution >= 0.6 is 0 Å². The molecule has 0 unspecified atom stereocenters. The molecule has 11 nitrogen and oxygen atoms in total. The summed E-state index contributed by atoms with van der Waals surface area (Å²) in [6.07, 6.45) is -7.25. The van der Waals surface area contributed by atoms with Gasteiger partial charge in [0.15, 0.2) is 28.7 Å². The molecule has 15 heteroatoms.